The number of amides is 1. The number of anilines is 1. The van der Waals surface area contributed by atoms with E-state index in [0.29, 0.717) is 23.8 Å². The van der Waals surface area contributed by atoms with Crippen molar-refractivity contribution in [2.75, 3.05) is 11.9 Å². The van der Waals surface area contributed by atoms with Crippen molar-refractivity contribution in [1.82, 2.24) is 9.38 Å². The number of fused-ring (bicyclic) bond motifs is 1. The highest BCUT2D eigenvalue weighted by atomic mass is 79.9. The zero-order valence-electron chi connectivity index (χ0n) is 14.2. The molecule has 0 aliphatic carbocycles. The zero-order chi connectivity index (χ0) is 18.5. The molecule has 2 heterocycles. The Balaban J connectivity index is 1.89. The van der Waals surface area contributed by atoms with E-state index in [4.69, 9.17) is 4.74 Å². The molecule has 0 saturated carbocycles. The van der Waals surface area contributed by atoms with Gasteiger partial charge in [-0.3, -0.25) is 14.0 Å². The van der Waals surface area contributed by atoms with E-state index in [-0.39, 0.29) is 24.7 Å². The van der Waals surface area contributed by atoms with Gasteiger partial charge in [-0.1, -0.05) is 30.3 Å². The molecule has 3 aromatic rings. The zero-order valence-corrected chi connectivity index (χ0v) is 15.8. The minimum Gasteiger partial charge on any atom is -0.466 e. The molecule has 1 N–H and O–H groups in total. The number of nitrogens with one attached hydrogen (secondary N) is 1. The van der Waals surface area contributed by atoms with Gasteiger partial charge in [0, 0.05) is 10.7 Å². The first-order valence-electron chi connectivity index (χ1n) is 8.22. The Hall–Kier alpha value is -2.67. The lowest BCUT2D eigenvalue weighted by atomic mass is 10.1. The molecule has 0 fully saturated rings. The number of rotatable bonds is 6. The van der Waals surface area contributed by atoms with Crippen molar-refractivity contribution in [3.8, 4) is 0 Å². The van der Waals surface area contributed by atoms with Crippen molar-refractivity contribution >= 4 is 39.3 Å². The second-order valence-electron chi connectivity index (χ2n) is 5.67. The van der Waals surface area contributed by atoms with Crippen LogP contribution in [0.25, 0.3) is 5.65 Å². The van der Waals surface area contributed by atoms with E-state index >= 15 is 0 Å². The summed E-state index contributed by atoms with van der Waals surface area (Å²) in [6.45, 7) is 2.05. The van der Waals surface area contributed by atoms with Gasteiger partial charge >= 0.3 is 5.97 Å². The Morgan fingerprint density at radius 1 is 1.15 bits per heavy atom. The standard InChI is InChI=1S/C19H18BrN3O3/c1-2-26-18(25)11-15-19(23-12-14(20)8-9-16(23)21-15)22-17(24)10-13-6-4-3-5-7-13/h3-9,12H,2,10-11H2,1H3,(H,22,24). The lowest BCUT2D eigenvalue weighted by molar-refractivity contribution is -0.142. The molecule has 1 aromatic carbocycles. The predicted octanol–water partition coefficient (Wildman–Crippen LogP) is 3.38. The number of hydrogen-bond donors (Lipinski definition) is 1. The summed E-state index contributed by atoms with van der Waals surface area (Å²) >= 11 is 3.42. The summed E-state index contributed by atoms with van der Waals surface area (Å²) in [5.41, 5.74) is 2.03. The Morgan fingerprint density at radius 3 is 2.65 bits per heavy atom. The molecule has 0 aliphatic heterocycles. The average molecular weight is 416 g/mol. The van der Waals surface area contributed by atoms with E-state index in [1.807, 2.05) is 42.5 Å². The summed E-state index contributed by atoms with van der Waals surface area (Å²) in [6, 6.07) is 13.1. The Labute approximate surface area is 159 Å². The molecule has 26 heavy (non-hydrogen) atoms. The first-order valence-corrected chi connectivity index (χ1v) is 9.02. The molecular weight excluding hydrogens is 398 g/mol. The minimum atomic E-state index is -0.381. The first kappa shape index (κ1) is 18.1. The van der Waals surface area contributed by atoms with Crippen molar-refractivity contribution in [3.05, 3.63) is 64.4 Å². The van der Waals surface area contributed by atoms with Crippen LogP contribution < -0.4 is 5.32 Å². The number of esters is 1. The van der Waals surface area contributed by atoms with Crippen molar-refractivity contribution in [3.63, 3.8) is 0 Å². The first-order chi connectivity index (χ1) is 12.6. The summed E-state index contributed by atoms with van der Waals surface area (Å²) in [6.07, 6.45) is 2.03. The number of benzene rings is 1. The van der Waals surface area contributed by atoms with Crippen molar-refractivity contribution in [2.45, 2.75) is 19.8 Å². The second kappa shape index (κ2) is 8.14. The monoisotopic (exact) mass is 415 g/mol. The third kappa shape index (κ3) is 4.29. The predicted molar refractivity (Wildman–Crippen MR) is 102 cm³/mol. The Morgan fingerprint density at radius 2 is 1.92 bits per heavy atom. The van der Waals surface area contributed by atoms with Gasteiger partial charge in [0.15, 0.2) is 0 Å². The molecule has 7 heteroatoms. The summed E-state index contributed by atoms with van der Waals surface area (Å²) in [5.74, 6) is -0.0769. The minimum absolute atomic E-state index is 0.00586. The third-order valence-corrected chi connectivity index (χ3v) is 4.21. The lowest BCUT2D eigenvalue weighted by Gasteiger charge is -2.08. The van der Waals surface area contributed by atoms with Gasteiger partial charge in [-0.15, -0.1) is 0 Å². The molecule has 0 bridgehead atoms. The van der Waals surface area contributed by atoms with Crippen LogP contribution in [0.3, 0.4) is 0 Å². The maximum Gasteiger partial charge on any atom is 0.312 e. The molecule has 3 rings (SSSR count). The molecule has 134 valence electrons. The van der Waals surface area contributed by atoms with E-state index < -0.39 is 0 Å². The number of ether oxygens (including phenoxy) is 1. The van der Waals surface area contributed by atoms with Crippen molar-refractivity contribution in [1.29, 1.82) is 0 Å². The summed E-state index contributed by atoms with van der Waals surface area (Å²) in [5, 5.41) is 2.89. The fourth-order valence-electron chi connectivity index (χ4n) is 2.63. The number of pyridine rings is 1. The van der Waals surface area contributed by atoms with Gasteiger partial charge in [-0.05, 0) is 40.5 Å². The van der Waals surface area contributed by atoms with Crippen LogP contribution in [0.5, 0.6) is 0 Å². The quantitative estimate of drug-likeness (QED) is 0.626. The number of carbonyl (C=O) groups is 2. The summed E-state index contributed by atoms with van der Waals surface area (Å²) < 4.78 is 7.60. The van der Waals surface area contributed by atoms with Crippen LogP contribution in [-0.4, -0.2) is 27.9 Å². The normalized spacial score (nSPS) is 10.7. The van der Waals surface area contributed by atoms with Crippen molar-refractivity contribution < 1.29 is 14.3 Å². The summed E-state index contributed by atoms with van der Waals surface area (Å²) in [7, 11) is 0. The maximum atomic E-state index is 12.5. The van der Waals surface area contributed by atoms with E-state index in [0.717, 1.165) is 10.0 Å². The maximum absolute atomic E-state index is 12.5. The Bertz CT molecular complexity index is 938. The van der Waals surface area contributed by atoms with Crippen LogP contribution in [0.2, 0.25) is 0 Å². The average Bonchev–Trinajstić information content (AvgIpc) is 2.92. The van der Waals surface area contributed by atoms with Crippen LogP contribution in [-0.2, 0) is 27.2 Å². The highest BCUT2D eigenvalue weighted by molar-refractivity contribution is 9.10. The van der Waals surface area contributed by atoms with Crippen molar-refractivity contribution in [2.24, 2.45) is 0 Å². The van der Waals surface area contributed by atoms with E-state index in [9.17, 15) is 9.59 Å². The topological polar surface area (TPSA) is 72.7 Å². The third-order valence-electron chi connectivity index (χ3n) is 3.74. The van der Waals surface area contributed by atoms with Crippen LogP contribution in [0.4, 0.5) is 5.82 Å². The highest BCUT2D eigenvalue weighted by Gasteiger charge is 2.18. The molecule has 6 nitrogen and oxygen atoms in total. The largest absolute Gasteiger partial charge is 0.466 e. The van der Waals surface area contributed by atoms with Gasteiger partial charge in [0.2, 0.25) is 5.91 Å². The SMILES string of the molecule is CCOC(=O)Cc1nc2ccc(Br)cn2c1NC(=O)Cc1ccccc1. The van der Waals surface area contributed by atoms with Crippen LogP contribution in [0.1, 0.15) is 18.2 Å². The second-order valence-corrected chi connectivity index (χ2v) is 6.59. The molecule has 0 spiro atoms. The molecule has 0 aliphatic rings. The van der Waals surface area contributed by atoms with E-state index in [1.54, 1.807) is 17.5 Å². The molecule has 0 atom stereocenters. The fourth-order valence-corrected chi connectivity index (χ4v) is 2.97. The lowest BCUT2D eigenvalue weighted by Crippen LogP contribution is -2.18. The van der Waals surface area contributed by atoms with Gasteiger partial charge in [-0.25, -0.2) is 4.98 Å². The number of carbonyl (C=O) groups excluding carboxylic acids is 2. The molecule has 0 unspecified atom stereocenters. The van der Waals surface area contributed by atoms with E-state index in [2.05, 4.69) is 26.2 Å². The van der Waals surface area contributed by atoms with Crippen LogP contribution >= 0.6 is 15.9 Å². The number of nitrogens with zero attached hydrogens (tertiary/aromatic N) is 2. The van der Waals surface area contributed by atoms with Gasteiger partial charge < -0.3 is 10.1 Å². The molecule has 0 radical (unpaired) electrons. The summed E-state index contributed by atoms with van der Waals surface area (Å²) in [4.78, 5) is 28.8. The van der Waals surface area contributed by atoms with Gasteiger partial charge in [-0.2, -0.15) is 0 Å². The fraction of sp³-hybridized carbons (Fsp3) is 0.211. The number of hydrogen-bond acceptors (Lipinski definition) is 4. The van der Waals surface area contributed by atoms with Gasteiger partial charge in [0.1, 0.15) is 11.5 Å². The molecule has 0 saturated heterocycles. The number of aromatic nitrogens is 2. The number of halogens is 1. The molecule has 2 aromatic heterocycles. The molecular formula is C19H18BrN3O3. The van der Waals surface area contributed by atoms with Gasteiger partial charge in [0.05, 0.1) is 25.1 Å². The van der Waals surface area contributed by atoms with Crippen LogP contribution in [0.15, 0.2) is 53.1 Å². The Kier molecular flexibility index (Phi) is 5.68. The smallest absolute Gasteiger partial charge is 0.312 e. The van der Waals surface area contributed by atoms with Crippen LogP contribution in [0, 0.1) is 0 Å². The number of imidazole rings is 1. The van der Waals surface area contributed by atoms with Gasteiger partial charge in [0.25, 0.3) is 0 Å². The molecule has 1 amide bonds. The highest BCUT2D eigenvalue weighted by Crippen LogP contribution is 2.22. The van der Waals surface area contributed by atoms with E-state index in [1.165, 1.54) is 0 Å².